The summed E-state index contributed by atoms with van der Waals surface area (Å²) in [5.41, 5.74) is 1.26. The lowest BCUT2D eigenvalue weighted by Crippen LogP contribution is -2.55. The van der Waals surface area contributed by atoms with Crippen molar-refractivity contribution in [3.63, 3.8) is 0 Å². The van der Waals surface area contributed by atoms with Gasteiger partial charge in [-0.1, -0.05) is 35.3 Å². The lowest BCUT2D eigenvalue weighted by Gasteiger charge is -2.37. The summed E-state index contributed by atoms with van der Waals surface area (Å²) in [4.78, 5) is 29.2. The third-order valence-electron chi connectivity index (χ3n) is 5.42. The number of halogens is 3. The Morgan fingerprint density at radius 2 is 1.63 bits per heavy atom. The molecule has 0 aromatic heterocycles. The molecule has 2 amide bonds. The molecule has 1 aliphatic heterocycles. The van der Waals surface area contributed by atoms with Gasteiger partial charge in [0, 0.05) is 31.2 Å². The summed E-state index contributed by atoms with van der Waals surface area (Å²) in [5, 5.41) is 3.79. The van der Waals surface area contributed by atoms with Crippen molar-refractivity contribution in [1.82, 2.24) is 15.1 Å². The Morgan fingerprint density at radius 1 is 1.00 bits per heavy atom. The van der Waals surface area contributed by atoms with E-state index in [1.165, 1.54) is 12.1 Å². The van der Waals surface area contributed by atoms with Crippen LogP contribution >= 0.6 is 23.2 Å². The zero-order valence-electron chi connectivity index (χ0n) is 16.9. The van der Waals surface area contributed by atoms with E-state index in [-0.39, 0.29) is 29.7 Å². The average molecular weight is 452 g/mol. The SMILES string of the molecule is CC(NC(=O)C(C)N1CCN(C(=O)c2ccc(Cl)cc2Cl)CC1)c1ccc(F)cc1. The van der Waals surface area contributed by atoms with E-state index in [0.717, 1.165) is 5.56 Å². The number of nitrogens with zero attached hydrogens (tertiary/aromatic N) is 2. The maximum atomic E-state index is 13.1. The topological polar surface area (TPSA) is 52.7 Å². The van der Waals surface area contributed by atoms with Gasteiger partial charge in [0.25, 0.3) is 5.91 Å². The fourth-order valence-electron chi connectivity index (χ4n) is 3.48. The summed E-state index contributed by atoms with van der Waals surface area (Å²) in [6.45, 7) is 5.88. The molecular weight excluding hydrogens is 428 g/mol. The molecule has 0 bridgehead atoms. The Bertz CT molecular complexity index is 915. The Hall–Kier alpha value is -2.15. The Kier molecular flexibility index (Phi) is 7.34. The van der Waals surface area contributed by atoms with Gasteiger partial charge in [-0.3, -0.25) is 14.5 Å². The van der Waals surface area contributed by atoms with Crippen molar-refractivity contribution in [1.29, 1.82) is 0 Å². The van der Waals surface area contributed by atoms with E-state index in [0.29, 0.717) is 41.8 Å². The van der Waals surface area contributed by atoms with Crippen LogP contribution in [0.5, 0.6) is 0 Å². The van der Waals surface area contributed by atoms with Crippen LogP contribution in [0.25, 0.3) is 0 Å². The maximum absolute atomic E-state index is 13.1. The highest BCUT2D eigenvalue weighted by Gasteiger charge is 2.29. The molecule has 160 valence electrons. The number of amides is 2. The molecule has 2 aromatic carbocycles. The zero-order valence-corrected chi connectivity index (χ0v) is 18.4. The predicted octanol–water partition coefficient (Wildman–Crippen LogP) is 4.16. The molecule has 0 aliphatic carbocycles. The molecule has 8 heteroatoms. The van der Waals surface area contributed by atoms with Crippen LogP contribution in [0.3, 0.4) is 0 Å². The largest absolute Gasteiger partial charge is 0.348 e. The van der Waals surface area contributed by atoms with Crippen LogP contribution < -0.4 is 5.32 Å². The number of carbonyl (C=O) groups excluding carboxylic acids is 2. The van der Waals surface area contributed by atoms with E-state index in [4.69, 9.17) is 23.2 Å². The van der Waals surface area contributed by atoms with Gasteiger partial charge in [-0.25, -0.2) is 4.39 Å². The van der Waals surface area contributed by atoms with Gasteiger partial charge in [-0.05, 0) is 49.7 Å². The van der Waals surface area contributed by atoms with E-state index in [2.05, 4.69) is 5.32 Å². The van der Waals surface area contributed by atoms with Crippen molar-refractivity contribution < 1.29 is 14.0 Å². The van der Waals surface area contributed by atoms with Crippen molar-refractivity contribution in [2.24, 2.45) is 0 Å². The van der Waals surface area contributed by atoms with E-state index in [9.17, 15) is 14.0 Å². The molecule has 1 saturated heterocycles. The smallest absolute Gasteiger partial charge is 0.255 e. The quantitative estimate of drug-likeness (QED) is 0.742. The third kappa shape index (κ3) is 5.31. The molecule has 1 fully saturated rings. The molecule has 30 heavy (non-hydrogen) atoms. The second-order valence-electron chi connectivity index (χ2n) is 7.41. The number of benzene rings is 2. The van der Waals surface area contributed by atoms with Gasteiger partial charge in [0.15, 0.2) is 0 Å². The van der Waals surface area contributed by atoms with E-state index in [1.54, 1.807) is 35.2 Å². The first-order chi connectivity index (χ1) is 14.3. The van der Waals surface area contributed by atoms with Gasteiger partial charge in [-0.2, -0.15) is 0 Å². The van der Waals surface area contributed by atoms with Gasteiger partial charge < -0.3 is 10.2 Å². The van der Waals surface area contributed by atoms with Crippen LogP contribution in [0.4, 0.5) is 4.39 Å². The number of nitrogens with one attached hydrogen (secondary N) is 1. The monoisotopic (exact) mass is 451 g/mol. The minimum atomic E-state index is -0.343. The lowest BCUT2D eigenvalue weighted by atomic mass is 10.1. The fourth-order valence-corrected chi connectivity index (χ4v) is 3.97. The van der Waals surface area contributed by atoms with E-state index < -0.39 is 0 Å². The molecule has 5 nitrogen and oxygen atoms in total. The van der Waals surface area contributed by atoms with Gasteiger partial charge in [0.1, 0.15) is 5.82 Å². The predicted molar refractivity (Wildman–Crippen MR) is 116 cm³/mol. The van der Waals surface area contributed by atoms with Crippen molar-refractivity contribution >= 4 is 35.0 Å². The highest BCUT2D eigenvalue weighted by molar-refractivity contribution is 6.36. The van der Waals surface area contributed by atoms with E-state index >= 15 is 0 Å². The molecule has 2 atom stereocenters. The minimum Gasteiger partial charge on any atom is -0.348 e. The molecule has 3 rings (SSSR count). The third-order valence-corrected chi connectivity index (χ3v) is 5.97. The summed E-state index contributed by atoms with van der Waals surface area (Å²) >= 11 is 12.1. The highest BCUT2D eigenvalue weighted by atomic mass is 35.5. The van der Waals surface area contributed by atoms with Crippen molar-refractivity contribution in [3.05, 3.63) is 69.5 Å². The summed E-state index contributed by atoms with van der Waals surface area (Å²) < 4.78 is 13.1. The second-order valence-corrected chi connectivity index (χ2v) is 8.25. The second kappa shape index (κ2) is 9.77. The van der Waals surface area contributed by atoms with Crippen molar-refractivity contribution in [2.75, 3.05) is 26.2 Å². The first-order valence-corrected chi connectivity index (χ1v) is 10.6. The molecule has 1 N–H and O–H groups in total. The molecule has 1 aliphatic rings. The minimum absolute atomic E-state index is 0.104. The summed E-state index contributed by atoms with van der Waals surface area (Å²) in [6.07, 6.45) is 0. The molecule has 0 radical (unpaired) electrons. The highest BCUT2D eigenvalue weighted by Crippen LogP contribution is 2.23. The van der Waals surface area contributed by atoms with Crippen LogP contribution in [0.2, 0.25) is 10.0 Å². The number of rotatable bonds is 5. The number of piperazine rings is 1. The van der Waals surface area contributed by atoms with Gasteiger partial charge in [0.05, 0.1) is 22.7 Å². The Morgan fingerprint density at radius 3 is 2.23 bits per heavy atom. The zero-order chi connectivity index (χ0) is 21.8. The Labute approximate surface area is 185 Å². The normalized spacial score (nSPS) is 16.8. The number of carbonyl (C=O) groups is 2. The van der Waals surface area contributed by atoms with Crippen LogP contribution in [-0.2, 0) is 4.79 Å². The maximum Gasteiger partial charge on any atom is 0.255 e. The number of hydrogen-bond donors (Lipinski definition) is 1. The van der Waals surface area contributed by atoms with Crippen LogP contribution in [0.1, 0.15) is 35.8 Å². The molecule has 0 spiro atoms. The standard InChI is InChI=1S/C22H24Cl2FN3O2/c1-14(16-3-6-18(25)7-4-16)26-21(29)15(2)27-9-11-28(12-10-27)22(30)19-8-5-17(23)13-20(19)24/h3-8,13-15H,9-12H2,1-2H3,(H,26,29). The molecular formula is C22H24Cl2FN3O2. The lowest BCUT2D eigenvalue weighted by molar-refractivity contribution is -0.127. The van der Waals surface area contributed by atoms with Crippen LogP contribution in [0.15, 0.2) is 42.5 Å². The molecule has 0 saturated carbocycles. The van der Waals surface area contributed by atoms with Crippen molar-refractivity contribution in [2.45, 2.75) is 25.9 Å². The van der Waals surface area contributed by atoms with Crippen LogP contribution in [0, 0.1) is 5.82 Å². The van der Waals surface area contributed by atoms with Gasteiger partial charge >= 0.3 is 0 Å². The Balaban J connectivity index is 1.54. The van der Waals surface area contributed by atoms with Gasteiger partial charge in [0.2, 0.25) is 5.91 Å². The van der Waals surface area contributed by atoms with E-state index in [1.807, 2.05) is 18.7 Å². The van der Waals surface area contributed by atoms with Crippen LogP contribution in [-0.4, -0.2) is 53.8 Å². The summed E-state index contributed by atoms with van der Waals surface area (Å²) in [6, 6.07) is 10.3. The first-order valence-electron chi connectivity index (χ1n) is 9.80. The fraction of sp³-hybridized carbons (Fsp3) is 0.364. The molecule has 2 aromatic rings. The number of hydrogen-bond acceptors (Lipinski definition) is 3. The van der Waals surface area contributed by atoms with Crippen molar-refractivity contribution in [3.8, 4) is 0 Å². The first kappa shape index (κ1) is 22.5. The average Bonchev–Trinajstić information content (AvgIpc) is 2.73. The summed E-state index contributed by atoms with van der Waals surface area (Å²) in [7, 11) is 0. The molecule has 1 heterocycles. The molecule has 2 unspecified atom stereocenters. The summed E-state index contributed by atoms with van der Waals surface area (Å²) in [5.74, 6) is -0.552. The van der Waals surface area contributed by atoms with Gasteiger partial charge in [-0.15, -0.1) is 0 Å².